The smallest absolute Gasteiger partial charge is 0.257 e. The molecule has 0 atom stereocenters. The second kappa shape index (κ2) is 6.89. The van der Waals surface area contributed by atoms with Gasteiger partial charge in [-0.2, -0.15) is 4.98 Å². The summed E-state index contributed by atoms with van der Waals surface area (Å²) >= 11 is 0. The van der Waals surface area contributed by atoms with Crippen LogP contribution in [0.3, 0.4) is 0 Å². The molecule has 2 aromatic rings. The first-order valence-electron chi connectivity index (χ1n) is 7.70. The van der Waals surface area contributed by atoms with Crippen molar-refractivity contribution in [1.82, 2.24) is 19.9 Å². The molecule has 6 nitrogen and oxygen atoms in total. The predicted octanol–water partition coefficient (Wildman–Crippen LogP) is 1.88. The summed E-state index contributed by atoms with van der Waals surface area (Å²) in [6, 6.07) is 7.64. The number of aromatic nitrogens is 2. The van der Waals surface area contributed by atoms with Gasteiger partial charge in [0.15, 0.2) is 5.82 Å². The Labute approximate surface area is 130 Å². The summed E-state index contributed by atoms with van der Waals surface area (Å²) in [5.41, 5.74) is 0.912. The van der Waals surface area contributed by atoms with E-state index in [1.54, 1.807) is 7.11 Å². The van der Waals surface area contributed by atoms with Gasteiger partial charge in [0, 0.05) is 31.7 Å². The van der Waals surface area contributed by atoms with Crippen LogP contribution in [0.2, 0.25) is 0 Å². The second-order valence-corrected chi connectivity index (χ2v) is 5.45. The van der Waals surface area contributed by atoms with Crippen molar-refractivity contribution in [2.24, 2.45) is 0 Å². The van der Waals surface area contributed by atoms with Crippen molar-refractivity contribution in [3.05, 3.63) is 30.1 Å². The fourth-order valence-electron chi connectivity index (χ4n) is 2.63. The standard InChI is InChI=1S/C16H22N4O2/c1-3-19-8-10-20(11-9-19)12-15-17-16(22-18-15)13-4-6-14(21-2)7-5-13/h4-7H,3,8-12H2,1-2H3. The number of ether oxygens (including phenoxy) is 1. The van der Waals surface area contributed by atoms with Crippen molar-refractivity contribution in [3.63, 3.8) is 0 Å². The summed E-state index contributed by atoms with van der Waals surface area (Å²) < 4.78 is 10.5. The highest BCUT2D eigenvalue weighted by atomic mass is 16.5. The summed E-state index contributed by atoms with van der Waals surface area (Å²) in [4.78, 5) is 9.32. The van der Waals surface area contributed by atoms with Gasteiger partial charge < -0.3 is 14.2 Å². The van der Waals surface area contributed by atoms with Gasteiger partial charge >= 0.3 is 0 Å². The monoisotopic (exact) mass is 302 g/mol. The average Bonchev–Trinajstić information content (AvgIpc) is 3.04. The SMILES string of the molecule is CCN1CCN(Cc2noc(-c3ccc(OC)cc3)n2)CC1. The molecule has 0 bridgehead atoms. The largest absolute Gasteiger partial charge is 0.497 e. The number of nitrogens with zero attached hydrogens (tertiary/aromatic N) is 4. The highest BCUT2D eigenvalue weighted by Crippen LogP contribution is 2.21. The molecule has 0 radical (unpaired) electrons. The minimum atomic E-state index is 0.560. The molecule has 118 valence electrons. The van der Waals surface area contributed by atoms with Gasteiger partial charge in [-0.25, -0.2) is 0 Å². The van der Waals surface area contributed by atoms with E-state index < -0.39 is 0 Å². The quantitative estimate of drug-likeness (QED) is 0.840. The maximum atomic E-state index is 5.37. The first-order chi connectivity index (χ1) is 10.8. The average molecular weight is 302 g/mol. The van der Waals surface area contributed by atoms with Crippen LogP contribution < -0.4 is 4.74 Å². The molecule has 0 saturated carbocycles. The van der Waals surface area contributed by atoms with E-state index in [9.17, 15) is 0 Å². The van der Waals surface area contributed by atoms with E-state index in [2.05, 4.69) is 26.9 Å². The lowest BCUT2D eigenvalue weighted by Gasteiger charge is -2.33. The zero-order chi connectivity index (χ0) is 15.4. The Morgan fingerprint density at radius 1 is 1.09 bits per heavy atom. The molecule has 2 heterocycles. The molecule has 0 spiro atoms. The summed E-state index contributed by atoms with van der Waals surface area (Å²) in [5, 5.41) is 4.10. The van der Waals surface area contributed by atoms with Crippen molar-refractivity contribution < 1.29 is 9.26 Å². The molecule has 0 aliphatic carbocycles. The number of hydrogen-bond acceptors (Lipinski definition) is 6. The zero-order valence-electron chi connectivity index (χ0n) is 13.2. The van der Waals surface area contributed by atoms with Crippen molar-refractivity contribution in [3.8, 4) is 17.2 Å². The molecule has 6 heteroatoms. The van der Waals surface area contributed by atoms with E-state index in [1.807, 2.05) is 24.3 Å². The Morgan fingerprint density at radius 3 is 2.41 bits per heavy atom. The van der Waals surface area contributed by atoms with Crippen LogP contribution in [0.1, 0.15) is 12.7 Å². The lowest BCUT2D eigenvalue weighted by molar-refractivity contribution is 0.128. The Kier molecular flexibility index (Phi) is 4.70. The molecule has 0 amide bonds. The fourth-order valence-corrected chi connectivity index (χ4v) is 2.63. The number of likely N-dealkylation sites (N-methyl/N-ethyl adjacent to an activating group) is 1. The van der Waals surface area contributed by atoms with Crippen LogP contribution in [-0.2, 0) is 6.54 Å². The summed E-state index contributed by atoms with van der Waals surface area (Å²) in [5.74, 6) is 2.12. The summed E-state index contributed by atoms with van der Waals surface area (Å²) in [6.07, 6.45) is 0. The lowest BCUT2D eigenvalue weighted by atomic mass is 10.2. The van der Waals surface area contributed by atoms with Gasteiger partial charge in [-0.05, 0) is 30.8 Å². The van der Waals surface area contributed by atoms with E-state index in [0.29, 0.717) is 5.89 Å². The first-order valence-corrected chi connectivity index (χ1v) is 7.70. The van der Waals surface area contributed by atoms with E-state index in [4.69, 9.17) is 9.26 Å². The molecule has 1 aromatic carbocycles. The number of piperazine rings is 1. The van der Waals surface area contributed by atoms with Crippen LogP contribution in [0.5, 0.6) is 5.75 Å². The molecule has 0 N–H and O–H groups in total. The van der Waals surface area contributed by atoms with Crippen molar-refractivity contribution in [2.45, 2.75) is 13.5 Å². The number of methoxy groups -OCH3 is 1. The van der Waals surface area contributed by atoms with Crippen molar-refractivity contribution >= 4 is 0 Å². The first kappa shape index (κ1) is 15.0. The number of rotatable bonds is 5. The summed E-state index contributed by atoms with van der Waals surface area (Å²) in [7, 11) is 1.65. The maximum absolute atomic E-state index is 5.37. The van der Waals surface area contributed by atoms with Crippen LogP contribution in [0.25, 0.3) is 11.5 Å². The number of benzene rings is 1. The Bertz CT molecular complexity index is 588. The normalized spacial score (nSPS) is 16.8. The molecular formula is C16H22N4O2. The molecule has 1 aliphatic rings. The zero-order valence-corrected chi connectivity index (χ0v) is 13.2. The van der Waals surface area contributed by atoms with Gasteiger partial charge in [-0.15, -0.1) is 0 Å². The highest BCUT2D eigenvalue weighted by molar-refractivity contribution is 5.54. The Morgan fingerprint density at radius 2 is 1.77 bits per heavy atom. The van der Waals surface area contributed by atoms with E-state index >= 15 is 0 Å². The second-order valence-electron chi connectivity index (χ2n) is 5.45. The predicted molar refractivity (Wildman–Crippen MR) is 83.7 cm³/mol. The molecule has 0 unspecified atom stereocenters. The van der Waals surface area contributed by atoms with Gasteiger partial charge in [0.25, 0.3) is 5.89 Å². The Balaban J connectivity index is 1.61. The van der Waals surface area contributed by atoms with Gasteiger partial charge in [0.05, 0.1) is 13.7 Å². The third kappa shape index (κ3) is 3.45. The van der Waals surface area contributed by atoms with Gasteiger partial charge in [-0.3, -0.25) is 4.90 Å². The topological polar surface area (TPSA) is 54.6 Å². The van der Waals surface area contributed by atoms with Crippen LogP contribution in [0.4, 0.5) is 0 Å². The molecular weight excluding hydrogens is 280 g/mol. The molecule has 3 rings (SSSR count). The highest BCUT2D eigenvalue weighted by Gasteiger charge is 2.18. The molecule has 1 aliphatic heterocycles. The molecule has 1 fully saturated rings. The third-order valence-electron chi connectivity index (χ3n) is 4.08. The van der Waals surface area contributed by atoms with Crippen LogP contribution in [0.15, 0.2) is 28.8 Å². The maximum Gasteiger partial charge on any atom is 0.257 e. The minimum Gasteiger partial charge on any atom is -0.497 e. The van der Waals surface area contributed by atoms with Crippen LogP contribution in [-0.4, -0.2) is 59.8 Å². The molecule has 22 heavy (non-hydrogen) atoms. The third-order valence-corrected chi connectivity index (χ3v) is 4.08. The van der Waals surface area contributed by atoms with E-state index in [0.717, 1.165) is 56.4 Å². The summed E-state index contributed by atoms with van der Waals surface area (Å²) in [6.45, 7) is 8.41. The van der Waals surface area contributed by atoms with Crippen LogP contribution in [0, 0.1) is 0 Å². The molecule has 1 aromatic heterocycles. The Hall–Kier alpha value is -1.92. The van der Waals surface area contributed by atoms with E-state index in [1.165, 1.54) is 0 Å². The number of hydrogen-bond donors (Lipinski definition) is 0. The minimum absolute atomic E-state index is 0.560. The van der Waals surface area contributed by atoms with Gasteiger partial charge in [-0.1, -0.05) is 12.1 Å². The van der Waals surface area contributed by atoms with Crippen molar-refractivity contribution in [2.75, 3.05) is 39.8 Å². The van der Waals surface area contributed by atoms with Gasteiger partial charge in [0.2, 0.25) is 0 Å². The van der Waals surface area contributed by atoms with Crippen LogP contribution >= 0.6 is 0 Å². The lowest BCUT2D eigenvalue weighted by Crippen LogP contribution is -2.45. The van der Waals surface area contributed by atoms with Gasteiger partial charge in [0.1, 0.15) is 5.75 Å². The van der Waals surface area contributed by atoms with Crippen molar-refractivity contribution in [1.29, 1.82) is 0 Å². The van der Waals surface area contributed by atoms with E-state index in [-0.39, 0.29) is 0 Å². The molecule has 1 saturated heterocycles. The fraction of sp³-hybridized carbons (Fsp3) is 0.500.